The second kappa shape index (κ2) is 6.33. The molecule has 0 radical (unpaired) electrons. The second-order valence-electron chi connectivity index (χ2n) is 8.64. The van der Waals surface area contributed by atoms with Gasteiger partial charge in [-0.2, -0.15) is 0 Å². The van der Waals surface area contributed by atoms with Crippen LogP contribution in [0.25, 0.3) is 0 Å². The van der Waals surface area contributed by atoms with Crippen LogP contribution >= 0.6 is 0 Å². The predicted octanol–water partition coefficient (Wildman–Crippen LogP) is 2.95. The van der Waals surface area contributed by atoms with E-state index in [1.807, 2.05) is 0 Å². The van der Waals surface area contributed by atoms with Gasteiger partial charge in [-0.1, -0.05) is 27.7 Å². The van der Waals surface area contributed by atoms with E-state index in [-0.39, 0.29) is 0 Å². The lowest BCUT2D eigenvalue weighted by Crippen LogP contribution is -2.50. The summed E-state index contributed by atoms with van der Waals surface area (Å²) in [6.07, 6.45) is 5.10. The van der Waals surface area contributed by atoms with Gasteiger partial charge in [0, 0.05) is 24.7 Å². The highest BCUT2D eigenvalue weighted by Gasteiger charge is 2.38. The number of rotatable bonds is 4. The van der Waals surface area contributed by atoms with Crippen molar-refractivity contribution in [1.82, 2.24) is 10.6 Å². The number of hydrogen-bond acceptors (Lipinski definition) is 3. The van der Waals surface area contributed by atoms with Crippen molar-refractivity contribution in [1.29, 1.82) is 0 Å². The zero-order valence-corrected chi connectivity index (χ0v) is 14.1. The Labute approximate surface area is 125 Å². The molecule has 20 heavy (non-hydrogen) atoms. The maximum Gasteiger partial charge on any atom is 0.0620 e. The summed E-state index contributed by atoms with van der Waals surface area (Å²) in [5.74, 6) is 0. The van der Waals surface area contributed by atoms with Crippen LogP contribution in [0.4, 0.5) is 0 Å². The smallest absolute Gasteiger partial charge is 0.0620 e. The molecule has 0 aromatic carbocycles. The summed E-state index contributed by atoms with van der Waals surface area (Å²) in [5.41, 5.74) is 0.927. The third-order valence-electron chi connectivity index (χ3n) is 4.71. The summed E-state index contributed by atoms with van der Waals surface area (Å²) in [6, 6.07) is 1.74. The van der Waals surface area contributed by atoms with Crippen LogP contribution in [-0.4, -0.2) is 37.9 Å². The molecule has 3 nitrogen and oxygen atoms in total. The van der Waals surface area contributed by atoms with Gasteiger partial charge in [-0.15, -0.1) is 0 Å². The summed E-state index contributed by atoms with van der Waals surface area (Å²) < 4.78 is 5.55. The largest absolute Gasteiger partial charge is 0.379 e. The number of nitrogens with one attached hydrogen (secondary N) is 2. The number of ether oxygens (including phenoxy) is 1. The van der Waals surface area contributed by atoms with Crippen molar-refractivity contribution in [2.24, 2.45) is 10.8 Å². The lowest BCUT2D eigenvalue weighted by Gasteiger charge is -2.46. The summed E-state index contributed by atoms with van der Waals surface area (Å²) in [5, 5.41) is 7.44. The van der Waals surface area contributed by atoms with Crippen molar-refractivity contribution < 1.29 is 4.74 Å². The van der Waals surface area contributed by atoms with Gasteiger partial charge in [0.15, 0.2) is 0 Å². The number of hydrogen-bond donors (Lipinski definition) is 2. The van der Waals surface area contributed by atoms with Gasteiger partial charge in [0.1, 0.15) is 0 Å². The van der Waals surface area contributed by atoms with E-state index in [9.17, 15) is 0 Å². The van der Waals surface area contributed by atoms with Crippen molar-refractivity contribution in [3.8, 4) is 0 Å². The highest BCUT2D eigenvalue weighted by Crippen LogP contribution is 2.45. The average molecular weight is 282 g/mol. The molecule has 1 saturated carbocycles. The highest BCUT2D eigenvalue weighted by atomic mass is 16.5. The lowest BCUT2D eigenvalue weighted by molar-refractivity contribution is 0.0626. The fourth-order valence-electron chi connectivity index (χ4n) is 4.63. The molecule has 2 unspecified atom stereocenters. The minimum atomic E-state index is 0.464. The Bertz CT molecular complexity index is 292. The van der Waals surface area contributed by atoms with Crippen LogP contribution in [0, 0.1) is 10.8 Å². The molecule has 1 aliphatic heterocycles. The van der Waals surface area contributed by atoms with Crippen LogP contribution in [0.3, 0.4) is 0 Å². The molecule has 2 aliphatic rings. The summed E-state index contributed by atoms with van der Waals surface area (Å²) in [4.78, 5) is 0. The molecule has 1 saturated heterocycles. The maximum atomic E-state index is 5.55. The van der Waals surface area contributed by atoms with E-state index in [4.69, 9.17) is 4.74 Å². The first kappa shape index (κ1) is 16.3. The molecule has 118 valence electrons. The summed E-state index contributed by atoms with van der Waals surface area (Å²) in [6.45, 7) is 14.7. The molecular weight excluding hydrogens is 248 g/mol. The fraction of sp³-hybridized carbons (Fsp3) is 1.00. The monoisotopic (exact) mass is 282 g/mol. The fourth-order valence-corrected chi connectivity index (χ4v) is 4.63. The molecule has 2 fully saturated rings. The van der Waals surface area contributed by atoms with Crippen molar-refractivity contribution >= 4 is 0 Å². The standard InChI is InChI=1S/C17H34N2O/c1-13(8-14-11-20-7-6-18-14)19-15-9-16(2,3)12-17(4,5)10-15/h13-15,18-19H,6-12H2,1-5H3. The minimum absolute atomic E-state index is 0.464. The molecule has 0 aromatic rings. The Morgan fingerprint density at radius 1 is 1.20 bits per heavy atom. The Kier molecular flexibility index (Phi) is 5.14. The van der Waals surface area contributed by atoms with Crippen LogP contribution in [0.1, 0.15) is 60.3 Å². The lowest BCUT2D eigenvalue weighted by atomic mass is 9.63. The average Bonchev–Trinajstić information content (AvgIpc) is 2.25. The summed E-state index contributed by atoms with van der Waals surface area (Å²) >= 11 is 0. The van der Waals surface area contributed by atoms with Gasteiger partial charge >= 0.3 is 0 Å². The minimum Gasteiger partial charge on any atom is -0.379 e. The molecule has 0 bridgehead atoms. The Morgan fingerprint density at radius 3 is 2.40 bits per heavy atom. The zero-order valence-electron chi connectivity index (χ0n) is 14.1. The Hall–Kier alpha value is -0.120. The van der Waals surface area contributed by atoms with Crippen molar-refractivity contribution in [2.45, 2.75) is 78.4 Å². The van der Waals surface area contributed by atoms with Gasteiger partial charge in [-0.25, -0.2) is 0 Å². The van der Waals surface area contributed by atoms with Gasteiger partial charge in [0.2, 0.25) is 0 Å². The molecule has 3 heteroatoms. The first-order chi connectivity index (χ1) is 9.26. The van der Waals surface area contributed by atoms with Gasteiger partial charge in [0.25, 0.3) is 0 Å². The number of morpholine rings is 1. The first-order valence-electron chi connectivity index (χ1n) is 8.33. The SMILES string of the molecule is CC(CC1COCCN1)NC1CC(C)(C)CC(C)(C)C1. The molecule has 1 aliphatic carbocycles. The van der Waals surface area contributed by atoms with Gasteiger partial charge < -0.3 is 15.4 Å². The Morgan fingerprint density at radius 2 is 1.85 bits per heavy atom. The molecule has 2 atom stereocenters. The molecule has 2 N–H and O–H groups in total. The molecule has 2 rings (SSSR count). The third kappa shape index (κ3) is 5.01. The van der Waals surface area contributed by atoms with Crippen molar-refractivity contribution in [3.05, 3.63) is 0 Å². The second-order valence-corrected chi connectivity index (χ2v) is 8.64. The predicted molar refractivity (Wildman–Crippen MR) is 85.0 cm³/mol. The Balaban J connectivity index is 1.82. The quantitative estimate of drug-likeness (QED) is 0.832. The normalized spacial score (nSPS) is 31.9. The molecule has 0 aromatic heterocycles. The van der Waals surface area contributed by atoms with E-state index in [2.05, 4.69) is 45.3 Å². The highest BCUT2D eigenvalue weighted by molar-refractivity contribution is 4.93. The molecule has 0 amide bonds. The first-order valence-corrected chi connectivity index (χ1v) is 8.33. The van der Waals surface area contributed by atoms with Gasteiger partial charge in [-0.3, -0.25) is 0 Å². The van der Waals surface area contributed by atoms with Crippen molar-refractivity contribution in [3.63, 3.8) is 0 Å². The van der Waals surface area contributed by atoms with E-state index < -0.39 is 0 Å². The van der Waals surface area contributed by atoms with Crippen LogP contribution in [0.15, 0.2) is 0 Å². The van der Waals surface area contributed by atoms with E-state index in [1.54, 1.807) is 0 Å². The summed E-state index contributed by atoms with van der Waals surface area (Å²) in [7, 11) is 0. The maximum absolute atomic E-state index is 5.55. The van der Waals surface area contributed by atoms with E-state index in [1.165, 1.54) is 19.3 Å². The van der Waals surface area contributed by atoms with Crippen molar-refractivity contribution in [2.75, 3.05) is 19.8 Å². The van der Waals surface area contributed by atoms with Crippen LogP contribution in [-0.2, 0) is 4.74 Å². The zero-order chi connectivity index (χ0) is 14.8. The van der Waals surface area contributed by atoms with Crippen LogP contribution in [0.5, 0.6) is 0 Å². The van der Waals surface area contributed by atoms with Crippen LogP contribution in [0.2, 0.25) is 0 Å². The molecule has 0 spiro atoms. The van der Waals surface area contributed by atoms with Gasteiger partial charge in [0.05, 0.1) is 13.2 Å². The van der Waals surface area contributed by atoms with Crippen LogP contribution < -0.4 is 10.6 Å². The molecule has 1 heterocycles. The van der Waals surface area contributed by atoms with E-state index in [0.29, 0.717) is 29.0 Å². The van der Waals surface area contributed by atoms with E-state index >= 15 is 0 Å². The molecular formula is C17H34N2O. The van der Waals surface area contributed by atoms with Gasteiger partial charge in [-0.05, 0) is 43.4 Å². The third-order valence-corrected chi connectivity index (χ3v) is 4.71. The topological polar surface area (TPSA) is 33.3 Å². The van der Waals surface area contributed by atoms with E-state index in [0.717, 1.165) is 26.2 Å².